The summed E-state index contributed by atoms with van der Waals surface area (Å²) in [5.74, 6) is -0.134. The molecule has 0 aliphatic rings. The molecule has 0 saturated carbocycles. The fraction of sp³-hybridized carbons (Fsp3) is 0.174. The summed E-state index contributed by atoms with van der Waals surface area (Å²) in [6.07, 6.45) is 0. The number of hydrogen-bond donors (Lipinski definition) is 2. The van der Waals surface area contributed by atoms with E-state index in [2.05, 4.69) is 10.0 Å². The van der Waals surface area contributed by atoms with E-state index in [-0.39, 0.29) is 28.2 Å². The molecule has 8 heteroatoms. The lowest BCUT2D eigenvalue weighted by atomic mass is 10.1. The Hall–Kier alpha value is -2.87. The minimum atomic E-state index is -3.79. The Morgan fingerprint density at radius 2 is 1.71 bits per heavy atom. The maximum atomic E-state index is 12.7. The van der Waals surface area contributed by atoms with Gasteiger partial charge in [0.15, 0.2) is 6.61 Å². The van der Waals surface area contributed by atoms with Gasteiger partial charge in [-0.3, -0.25) is 4.79 Å². The second kappa shape index (κ2) is 9.96. The third kappa shape index (κ3) is 6.30. The number of anilines is 1. The zero-order valence-electron chi connectivity index (χ0n) is 17.1. The molecule has 162 valence electrons. The van der Waals surface area contributed by atoms with Crippen LogP contribution in [0.3, 0.4) is 0 Å². The maximum absolute atomic E-state index is 12.7. The highest BCUT2D eigenvalue weighted by Crippen LogP contribution is 2.28. The number of nitrogens with one attached hydrogen (secondary N) is 2. The van der Waals surface area contributed by atoms with Gasteiger partial charge < -0.3 is 10.1 Å². The number of carbonyl (C=O) groups is 1. The summed E-state index contributed by atoms with van der Waals surface area (Å²) in [5, 5.41) is 2.81. The van der Waals surface area contributed by atoms with Gasteiger partial charge in [-0.2, -0.15) is 0 Å². The van der Waals surface area contributed by atoms with Gasteiger partial charge in [0.05, 0.1) is 9.92 Å². The van der Waals surface area contributed by atoms with Crippen molar-refractivity contribution in [1.82, 2.24) is 4.72 Å². The largest absolute Gasteiger partial charge is 0.482 e. The van der Waals surface area contributed by atoms with Crippen LogP contribution in [0.25, 0.3) is 0 Å². The molecule has 2 N–H and O–H groups in total. The van der Waals surface area contributed by atoms with Crippen molar-refractivity contribution in [2.75, 3.05) is 11.9 Å². The van der Waals surface area contributed by atoms with Crippen LogP contribution in [-0.2, 0) is 14.8 Å². The molecule has 3 aromatic rings. The maximum Gasteiger partial charge on any atom is 0.262 e. The lowest BCUT2D eigenvalue weighted by Crippen LogP contribution is -2.27. The van der Waals surface area contributed by atoms with Crippen molar-refractivity contribution in [3.05, 3.63) is 88.9 Å². The normalized spacial score (nSPS) is 12.2. The topological polar surface area (TPSA) is 84.5 Å². The molecule has 3 rings (SSSR count). The van der Waals surface area contributed by atoms with Crippen LogP contribution in [0.15, 0.2) is 77.7 Å². The van der Waals surface area contributed by atoms with E-state index in [0.29, 0.717) is 5.69 Å². The van der Waals surface area contributed by atoms with Gasteiger partial charge in [-0.05, 0) is 49.7 Å². The molecule has 0 fully saturated rings. The van der Waals surface area contributed by atoms with Crippen LogP contribution in [0.1, 0.15) is 24.1 Å². The fourth-order valence-electron chi connectivity index (χ4n) is 2.85. The van der Waals surface area contributed by atoms with Gasteiger partial charge in [0.1, 0.15) is 5.75 Å². The van der Waals surface area contributed by atoms with E-state index in [1.165, 1.54) is 18.2 Å². The van der Waals surface area contributed by atoms with Crippen molar-refractivity contribution in [2.24, 2.45) is 0 Å². The number of benzene rings is 3. The summed E-state index contributed by atoms with van der Waals surface area (Å²) in [5.41, 5.74) is 2.59. The predicted molar refractivity (Wildman–Crippen MR) is 122 cm³/mol. The predicted octanol–water partition coefficient (Wildman–Crippen LogP) is 4.71. The van der Waals surface area contributed by atoms with Crippen LogP contribution in [0.5, 0.6) is 5.75 Å². The van der Waals surface area contributed by atoms with Gasteiger partial charge in [-0.25, -0.2) is 13.1 Å². The van der Waals surface area contributed by atoms with Gasteiger partial charge in [-0.15, -0.1) is 0 Å². The molecule has 0 radical (unpaired) electrons. The number of sulfonamides is 1. The third-order valence-electron chi connectivity index (χ3n) is 4.54. The summed E-state index contributed by atoms with van der Waals surface area (Å²) >= 11 is 6.20. The van der Waals surface area contributed by atoms with Crippen LogP contribution in [0, 0.1) is 6.92 Å². The number of aryl methyl sites for hydroxylation is 1. The summed E-state index contributed by atoms with van der Waals surface area (Å²) in [6.45, 7) is 3.46. The first-order valence-electron chi connectivity index (χ1n) is 9.61. The summed E-state index contributed by atoms with van der Waals surface area (Å²) in [7, 11) is -3.79. The zero-order chi connectivity index (χ0) is 22.4. The minimum absolute atomic E-state index is 0.0109. The van der Waals surface area contributed by atoms with E-state index in [4.69, 9.17) is 16.3 Å². The second-order valence-electron chi connectivity index (χ2n) is 7.05. The lowest BCUT2D eigenvalue weighted by molar-refractivity contribution is -0.118. The highest BCUT2D eigenvalue weighted by molar-refractivity contribution is 7.89. The Morgan fingerprint density at radius 1 is 1.03 bits per heavy atom. The molecule has 0 heterocycles. The molecule has 0 unspecified atom stereocenters. The molecule has 6 nitrogen and oxygen atoms in total. The van der Waals surface area contributed by atoms with E-state index in [0.717, 1.165) is 11.1 Å². The smallest absolute Gasteiger partial charge is 0.262 e. The third-order valence-corrected chi connectivity index (χ3v) is 6.37. The van der Waals surface area contributed by atoms with E-state index in [1.807, 2.05) is 49.4 Å². The number of amides is 1. The van der Waals surface area contributed by atoms with Crippen LogP contribution >= 0.6 is 11.6 Å². The Labute approximate surface area is 187 Å². The quantitative estimate of drug-likeness (QED) is 0.512. The first kappa shape index (κ1) is 22.8. The first-order chi connectivity index (χ1) is 14.7. The molecular weight excluding hydrogens is 436 g/mol. The molecule has 0 bridgehead atoms. The monoisotopic (exact) mass is 458 g/mol. The van der Waals surface area contributed by atoms with Gasteiger partial charge in [0.2, 0.25) is 10.0 Å². The molecule has 1 atom stereocenters. The first-order valence-corrected chi connectivity index (χ1v) is 11.5. The number of halogens is 1. The van der Waals surface area contributed by atoms with E-state index >= 15 is 0 Å². The number of hydrogen-bond acceptors (Lipinski definition) is 4. The Balaban J connectivity index is 1.62. The highest BCUT2D eigenvalue weighted by atomic mass is 35.5. The number of rotatable bonds is 8. The molecule has 31 heavy (non-hydrogen) atoms. The molecule has 0 aliphatic carbocycles. The molecule has 0 aliphatic heterocycles. The van der Waals surface area contributed by atoms with E-state index in [9.17, 15) is 13.2 Å². The van der Waals surface area contributed by atoms with Crippen LogP contribution in [-0.4, -0.2) is 20.9 Å². The summed E-state index contributed by atoms with van der Waals surface area (Å²) in [4.78, 5) is 12.1. The fourth-order valence-corrected chi connectivity index (χ4v) is 4.41. The standard InChI is InChI=1S/C23H23ClN2O4S/c1-16-8-10-19(11-9-16)25-23(27)15-30-22-13-12-20(14-21(22)24)31(28,29)26-17(2)18-6-4-3-5-7-18/h3-14,17,26H,15H2,1-2H3,(H,25,27)/t17-/m1/s1. The van der Waals surface area contributed by atoms with Crippen LogP contribution < -0.4 is 14.8 Å². The molecule has 1 amide bonds. The van der Waals surface area contributed by atoms with Crippen molar-refractivity contribution in [3.63, 3.8) is 0 Å². The lowest BCUT2D eigenvalue weighted by Gasteiger charge is -2.15. The summed E-state index contributed by atoms with van der Waals surface area (Å²) in [6, 6.07) is 20.3. The van der Waals surface area contributed by atoms with Gasteiger partial charge >= 0.3 is 0 Å². The highest BCUT2D eigenvalue weighted by Gasteiger charge is 2.20. The average Bonchev–Trinajstić information content (AvgIpc) is 2.75. The van der Waals surface area contributed by atoms with E-state index in [1.54, 1.807) is 19.1 Å². The van der Waals surface area contributed by atoms with Crippen molar-refractivity contribution < 1.29 is 17.9 Å². The number of carbonyl (C=O) groups excluding carboxylic acids is 1. The van der Waals surface area contributed by atoms with Gasteiger partial charge in [-0.1, -0.05) is 59.6 Å². The Kier molecular flexibility index (Phi) is 7.33. The van der Waals surface area contributed by atoms with E-state index < -0.39 is 16.1 Å². The molecule has 3 aromatic carbocycles. The van der Waals surface area contributed by atoms with Crippen LogP contribution in [0.4, 0.5) is 5.69 Å². The van der Waals surface area contributed by atoms with Crippen LogP contribution in [0.2, 0.25) is 5.02 Å². The average molecular weight is 459 g/mol. The molecular formula is C23H23ClN2O4S. The minimum Gasteiger partial charge on any atom is -0.482 e. The number of ether oxygens (including phenoxy) is 1. The Morgan fingerprint density at radius 3 is 2.35 bits per heavy atom. The van der Waals surface area contributed by atoms with Crippen molar-refractivity contribution in [2.45, 2.75) is 24.8 Å². The Bertz CT molecular complexity index is 1150. The molecule has 0 spiro atoms. The van der Waals surface area contributed by atoms with Crippen molar-refractivity contribution in [1.29, 1.82) is 0 Å². The molecule has 0 saturated heterocycles. The van der Waals surface area contributed by atoms with Gasteiger partial charge in [0.25, 0.3) is 5.91 Å². The van der Waals surface area contributed by atoms with Crippen molar-refractivity contribution >= 4 is 33.2 Å². The zero-order valence-corrected chi connectivity index (χ0v) is 18.7. The summed E-state index contributed by atoms with van der Waals surface area (Å²) < 4.78 is 33.5. The molecule has 0 aromatic heterocycles. The van der Waals surface area contributed by atoms with Gasteiger partial charge in [0, 0.05) is 11.7 Å². The SMILES string of the molecule is Cc1ccc(NC(=O)COc2ccc(S(=O)(=O)N[C@H](C)c3ccccc3)cc2Cl)cc1. The van der Waals surface area contributed by atoms with Crippen molar-refractivity contribution in [3.8, 4) is 5.75 Å². The second-order valence-corrected chi connectivity index (χ2v) is 9.17.